The molecule has 0 atom stereocenters. The highest BCUT2D eigenvalue weighted by atomic mass is 16.5. The highest BCUT2D eigenvalue weighted by Gasteiger charge is 2.16. The molecule has 1 fully saturated rings. The van der Waals surface area contributed by atoms with Gasteiger partial charge in [0.05, 0.1) is 13.2 Å². The van der Waals surface area contributed by atoms with Crippen LogP contribution in [0, 0.1) is 0 Å². The van der Waals surface area contributed by atoms with E-state index in [9.17, 15) is 9.59 Å². The summed E-state index contributed by atoms with van der Waals surface area (Å²) in [6, 6.07) is 8.03. The van der Waals surface area contributed by atoms with Gasteiger partial charge in [-0.1, -0.05) is 24.3 Å². The minimum Gasteiger partial charge on any atom is -0.461 e. The molecule has 1 aliphatic rings. The van der Waals surface area contributed by atoms with E-state index in [0.717, 1.165) is 25.2 Å². The molecule has 10 heteroatoms. The molecule has 0 aliphatic carbocycles. The number of nitrogens with two attached hydrogens (primary N) is 1. The van der Waals surface area contributed by atoms with Crippen LogP contribution in [0.5, 0.6) is 6.01 Å². The third-order valence-electron chi connectivity index (χ3n) is 5.29. The fourth-order valence-electron chi connectivity index (χ4n) is 3.78. The first-order valence-corrected chi connectivity index (χ1v) is 10.3. The van der Waals surface area contributed by atoms with E-state index >= 15 is 0 Å². The van der Waals surface area contributed by atoms with Crippen molar-refractivity contribution >= 4 is 17.0 Å². The second-order valence-corrected chi connectivity index (χ2v) is 7.58. The van der Waals surface area contributed by atoms with Gasteiger partial charge in [0.1, 0.15) is 12.1 Å². The molecule has 0 spiro atoms. The molecule has 4 rings (SSSR count). The lowest BCUT2D eigenvalue weighted by Crippen LogP contribution is -2.37. The van der Waals surface area contributed by atoms with Gasteiger partial charge in [0.15, 0.2) is 11.5 Å². The summed E-state index contributed by atoms with van der Waals surface area (Å²) in [5.41, 5.74) is 7.00. The van der Waals surface area contributed by atoms with Gasteiger partial charge in [0, 0.05) is 13.7 Å². The molecule has 3 N–H and O–H groups in total. The molecule has 1 aromatic carbocycles. The van der Waals surface area contributed by atoms with Gasteiger partial charge in [0.25, 0.3) is 0 Å². The zero-order chi connectivity index (χ0) is 21.8. The number of ether oxygens (including phenoxy) is 2. The van der Waals surface area contributed by atoms with Crippen molar-refractivity contribution in [1.82, 2.24) is 24.4 Å². The average molecular weight is 426 g/mol. The van der Waals surface area contributed by atoms with E-state index in [0.29, 0.717) is 6.61 Å². The Kier molecular flexibility index (Phi) is 6.28. The van der Waals surface area contributed by atoms with E-state index in [1.807, 2.05) is 12.1 Å². The molecular formula is C21H26N6O4. The number of benzene rings is 1. The summed E-state index contributed by atoms with van der Waals surface area (Å²) in [6.45, 7) is 3.83. The highest BCUT2D eigenvalue weighted by molar-refractivity contribution is 5.81. The number of nitrogens with one attached hydrogen (secondary N) is 1. The maximum absolute atomic E-state index is 12.7. The van der Waals surface area contributed by atoms with E-state index in [1.165, 1.54) is 23.0 Å². The van der Waals surface area contributed by atoms with Crippen LogP contribution >= 0.6 is 0 Å². The average Bonchev–Trinajstić information content (AvgIpc) is 3.26. The van der Waals surface area contributed by atoms with Gasteiger partial charge in [-0.3, -0.25) is 19.1 Å². The van der Waals surface area contributed by atoms with Gasteiger partial charge in [-0.15, -0.1) is 0 Å². The standard InChI is InChI=1S/C21H26N6O4/c1-30-9-10-31-21-24-17(22)16-18(25-21)27(20(29)19(28)23-16)13-15-6-4-5-14(11-15)12-26-7-2-3-8-26/h4-6,11H,2-3,7-10,12-13H2,1H3,(H,23,28)(H2,22,24,25). The molecule has 1 saturated heterocycles. The summed E-state index contributed by atoms with van der Waals surface area (Å²) in [5, 5.41) is 0. The topological polar surface area (TPSA) is 128 Å². The van der Waals surface area contributed by atoms with Crippen LogP contribution in [0.3, 0.4) is 0 Å². The Bertz CT molecular complexity index is 1180. The van der Waals surface area contributed by atoms with Crippen molar-refractivity contribution in [3.8, 4) is 6.01 Å². The Morgan fingerprint density at radius 3 is 2.58 bits per heavy atom. The number of H-pyrrole nitrogens is 1. The first kappa shape index (κ1) is 21.0. The largest absolute Gasteiger partial charge is 0.461 e. The molecule has 3 aromatic rings. The maximum Gasteiger partial charge on any atom is 0.320 e. The van der Waals surface area contributed by atoms with E-state index in [-0.39, 0.29) is 36.1 Å². The first-order valence-electron chi connectivity index (χ1n) is 10.3. The monoisotopic (exact) mass is 426 g/mol. The predicted molar refractivity (Wildman–Crippen MR) is 116 cm³/mol. The fourth-order valence-corrected chi connectivity index (χ4v) is 3.78. The van der Waals surface area contributed by atoms with Crippen LogP contribution in [0.4, 0.5) is 5.82 Å². The molecular weight excluding hydrogens is 400 g/mol. The Labute approximate surface area is 178 Å². The number of fused-ring (bicyclic) bond motifs is 1. The molecule has 0 saturated carbocycles. The number of methoxy groups -OCH3 is 1. The summed E-state index contributed by atoms with van der Waals surface area (Å²) in [6.07, 6.45) is 2.45. The number of rotatable bonds is 8. The summed E-state index contributed by atoms with van der Waals surface area (Å²) in [5.74, 6) is 0.0334. The zero-order valence-electron chi connectivity index (χ0n) is 17.5. The minimum atomic E-state index is -0.774. The lowest BCUT2D eigenvalue weighted by Gasteiger charge is -2.16. The lowest BCUT2D eigenvalue weighted by atomic mass is 10.1. The van der Waals surface area contributed by atoms with Crippen molar-refractivity contribution in [3.05, 3.63) is 56.1 Å². The number of aromatic nitrogens is 4. The molecule has 2 aromatic heterocycles. The third-order valence-corrected chi connectivity index (χ3v) is 5.29. The van der Waals surface area contributed by atoms with E-state index in [1.54, 1.807) is 7.11 Å². The van der Waals surface area contributed by atoms with Gasteiger partial charge in [-0.25, -0.2) is 0 Å². The SMILES string of the molecule is COCCOc1nc(N)c2[nH]c(=O)c(=O)n(Cc3cccc(CN4CCCC4)c3)c2n1. The molecule has 164 valence electrons. The molecule has 1 aliphatic heterocycles. The van der Waals surface area contributed by atoms with Crippen molar-refractivity contribution in [1.29, 1.82) is 0 Å². The van der Waals surface area contributed by atoms with Crippen molar-refractivity contribution < 1.29 is 9.47 Å². The Hall–Kier alpha value is -3.24. The van der Waals surface area contributed by atoms with Crippen LogP contribution in [0.15, 0.2) is 33.9 Å². The second-order valence-electron chi connectivity index (χ2n) is 7.58. The molecule has 0 amide bonds. The molecule has 31 heavy (non-hydrogen) atoms. The zero-order valence-corrected chi connectivity index (χ0v) is 17.5. The fraction of sp³-hybridized carbons (Fsp3) is 0.429. The van der Waals surface area contributed by atoms with Crippen molar-refractivity contribution in [2.45, 2.75) is 25.9 Å². The van der Waals surface area contributed by atoms with Gasteiger partial charge in [0.2, 0.25) is 0 Å². The normalized spacial score (nSPS) is 14.4. The van der Waals surface area contributed by atoms with Gasteiger partial charge < -0.3 is 20.2 Å². The molecule has 3 heterocycles. The van der Waals surface area contributed by atoms with Crippen molar-refractivity contribution in [2.75, 3.05) is 39.1 Å². The maximum atomic E-state index is 12.7. The molecule has 0 unspecified atom stereocenters. The van der Waals surface area contributed by atoms with Crippen molar-refractivity contribution in [3.63, 3.8) is 0 Å². The van der Waals surface area contributed by atoms with Crippen LogP contribution < -0.4 is 21.6 Å². The number of hydrogen-bond acceptors (Lipinski definition) is 8. The Morgan fingerprint density at radius 2 is 1.84 bits per heavy atom. The van der Waals surface area contributed by atoms with Crippen molar-refractivity contribution in [2.24, 2.45) is 0 Å². The van der Waals surface area contributed by atoms with Crippen LogP contribution in [-0.2, 0) is 17.8 Å². The predicted octanol–water partition coefficient (Wildman–Crippen LogP) is 0.731. The minimum absolute atomic E-state index is 0.0185. The number of nitrogen functional groups attached to an aromatic ring is 1. The summed E-state index contributed by atoms with van der Waals surface area (Å²) in [4.78, 5) is 38.2. The Morgan fingerprint density at radius 1 is 1.10 bits per heavy atom. The smallest absolute Gasteiger partial charge is 0.320 e. The second kappa shape index (κ2) is 9.27. The molecule has 10 nitrogen and oxygen atoms in total. The molecule has 0 radical (unpaired) electrons. The van der Waals surface area contributed by atoms with Crippen LogP contribution in [-0.4, -0.2) is 57.8 Å². The van der Waals surface area contributed by atoms with Gasteiger partial charge in [-0.05, 0) is 37.1 Å². The number of hydrogen-bond donors (Lipinski definition) is 2. The van der Waals surface area contributed by atoms with E-state index in [4.69, 9.17) is 15.2 Å². The van der Waals surface area contributed by atoms with Crippen LogP contribution in [0.1, 0.15) is 24.0 Å². The number of nitrogens with zero attached hydrogens (tertiary/aromatic N) is 4. The molecule has 0 bridgehead atoms. The van der Waals surface area contributed by atoms with E-state index in [2.05, 4.69) is 32.0 Å². The third kappa shape index (κ3) is 4.75. The lowest BCUT2D eigenvalue weighted by molar-refractivity contribution is 0.141. The summed E-state index contributed by atoms with van der Waals surface area (Å²) < 4.78 is 11.7. The van der Waals surface area contributed by atoms with Gasteiger partial charge in [-0.2, -0.15) is 9.97 Å². The van der Waals surface area contributed by atoms with E-state index < -0.39 is 11.1 Å². The Balaban J connectivity index is 1.69. The highest BCUT2D eigenvalue weighted by Crippen LogP contribution is 2.18. The number of aromatic amines is 1. The summed E-state index contributed by atoms with van der Waals surface area (Å²) >= 11 is 0. The number of likely N-dealkylation sites (tertiary alicyclic amines) is 1. The summed E-state index contributed by atoms with van der Waals surface area (Å²) in [7, 11) is 1.55. The van der Waals surface area contributed by atoms with Crippen LogP contribution in [0.2, 0.25) is 0 Å². The van der Waals surface area contributed by atoms with Crippen LogP contribution in [0.25, 0.3) is 11.2 Å². The quantitative estimate of drug-likeness (QED) is 0.399. The number of anilines is 1. The van der Waals surface area contributed by atoms with Gasteiger partial charge >= 0.3 is 17.1 Å². The first-order chi connectivity index (χ1) is 15.0.